The molecule has 0 aromatic heterocycles. The molecule has 0 aliphatic carbocycles. The number of fused-ring (bicyclic) bond motifs is 3. The molecule has 0 saturated heterocycles. The fraction of sp³-hybridized carbons (Fsp3) is 0.550. The van der Waals surface area contributed by atoms with Gasteiger partial charge in [0.2, 0.25) is 5.91 Å². The second-order valence-electron chi connectivity index (χ2n) is 8.11. The van der Waals surface area contributed by atoms with E-state index in [2.05, 4.69) is 0 Å². The number of hydrogen-bond donors (Lipinski definition) is 1. The van der Waals surface area contributed by atoms with Crippen molar-refractivity contribution < 1.29 is 23.9 Å². The highest BCUT2D eigenvalue weighted by atomic mass is 16.6. The molecule has 0 bridgehead atoms. The third-order valence-electron chi connectivity index (χ3n) is 4.82. The van der Waals surface area contributed by atoms with E-state index < -0.39 is 23.5 Å². The molecule has 2 amide bonds. The lowest BCUT2D eigenvalue weighted by Gasteiger charge is -2.26. The van der Waals surface area contributed by atoms with Crippen molar-refractivity contribution in [1.29, 1.82) is 0 Å². The largest absolute Gasteiger partial charge is 0.493 e. The Kier molecular flexibility index (Phi) is 4.88. The van der Waals surface area contributed by atoms with Crippen molar-refractivity contribution >= 4 is 17.8 Å². The Balaban J connectivity index is 1.79. The normalized spacial score (nSPS) is 16.6. The van der Waals surface area contributed by atoms with Crippen molar-refractivity contribution in [2.45, 2.75) is 65.1 Å². The zero-order chi connectivity index (χ0) is 19.9. The Bertz CT molecular complexity index is 810. The first kappa shape index (κ1) is 19.2. The summed E-state index contributed by atoms with van der Waals surface area (Å²) in [6, 6.07) is 1.11. The highest BCUT2D eigenvalue weighted by Crippen LogP contribution is 2.40. The molecule has 0 radical (unpaired) electrons. The van der Waals surface area contributed by atoms with E-state index in [1.54, 1.807) is 20.8 Å². The molecule has 0 saturated carbocycles. The van der Waals surface area contributed by atoms with Gasteiger partial charge in [-0.2, -0.15) is 0 Å². The summed E-state index contributed by atoms with van der Waals surface area (Å²) in [5.74, 6) is -0.538. The summed E-state index contributed by atoms with van der Waals surface area (Å²) in [6.45, 7) is 8.08. The Labute approximate surface area is 158 Å². The van der Waals surface area contributed by atoms with Crippen LogP contribution in [-0.4, -0.2) is 40.9 Å². The van der Waals surface area contributed by atoms with Gasteiger partial charge in [-0.15, -0.1) is 0 Å². The third-order valence-corrected chi connectivity index (χ3v) is 4.82. The number of aryl methyl sites for hydroxylation is 1. The second kappa shape index (κ2) is 6.87. The summed E-state index contributed by atoms with van der Waals surface area (Å²) < 4.78 is 11.0. The summed E-state index contributed by atoms with van der Waals surface area (Å²) in [5, 5.41) is 0. The molecule has 7 heteroatoms. The molecule has 3 rings (SSSR count). The zero-order valence-electron chi connectivity index (χ0n) is 16.3. The van der Waals surface area contributed by atoms with Gasteiger partial charge in [-0.05, 0) is 45.2 Å². The molecule has 146 valence electrons. The lowest BCUT2D eigenvalue weighted by Crippen LogP contribution is -2.45. The Morgan fingerprint density at radius 2 is 2.07 bits per heavy atom. The van der Waals surface area contributed by atoms with Crippen molar-refractivity contribution in [3.63, 3.8) is 0 Å². The van der Waals surface area contributed by atoms with Gasteiger partial charge in [0.25, 0.3) is 5.91 Å². The molecule has 2 aliphatic rings. The van der Waals surface area contributed by atoms with Gasteiger partial charge >= 0.3 is 5.97 Å². The van der Waals surface area contributed by atoms with Crippen LogP contribution in [0.2, 0.25) is 0 Å². The number of ether oxygens (including phenoxy) is 2. The third kappa shape index (κ3) is 3.77. The molecule has 0 unspecified atom stereocenters. The highest BCUT2D eigenvalue weighted by Gasteiger charge is 2.40. The average molecular weight is 374 g/mol. The number of hydrogen-bond acceptors (Lipinski definition) is 5. The van der Waals surface area contributed by atoms with Crippen LogP contribution in [0.15, 0.2) is 6.07 Å². The SMILES string of the molecule is Cc1cc2c(c3c1C(=O)N([C@@H](CCC(=O)OC(C)(C)C)C(N)=O)C3)OCC2. The van der Waals surface area contributed by atoms with E-state index in [4.69, 9.17) is 15.2 Å². The van der Waals surface area contributed by atoms with E-state index in [9.17, 15) is 14.4 Å². The summed E-state index contributed by atoms with van der Waals surface area (Å²) in [4.78, 5) is 38.5. The predicted molar refractivity (Wildman–Crippen MR) is 98.3 cm³/mol. The van der Waals surface area contributed by atoms with Crippen molar-refractivity contribution in [3.8, 4) is 5.75 Å². The second-order valence-corrected chi connectivity index (χ2v) is 8.11. The minimum atomic E-state index is -0.867. The molecule has 0 spiro atoms. The zero-order valence-corrected chi connectivity index (χ0v) is 16.3. The van der Waals surface area contributed by atoms with Crippen LogP contribution in [0.5, 0.6) is 5.75 Å². The van der Waals surface area contributed by atoms with Gasteiger partial charge in [-0.3, -0.25) is 14.4 Å². The number of primary amides is 1. The predicted octanol–water partition coefficient (Wildman–Crippen LogP) is 1.86. The fourth-order valence-electron chi connectivity index (χ4n) is 3.76. The first-order chi connectivity index (χ1) is 12.6. The van der Waals surface area contributed by atoms with Crippen molar-refractivity contribution in [2.75, 3.05) is 6.61 Å². The lowest BCUT2D eigenvalue weighted by molar-refractivity contribution is -0.155. The van der Waals surface area contributed by atoms with Gasteiger partial charge < -0.3 is 20.1 Å². The standard InChI is InChI=1S/C20H26N2O5/c1-11-9-12-7-8-26-17(12)13-10-22(19(25)16(11)13)14(18(21)24)5-6-15(23)27-20(2,3)4/h9,14H,5-8,10H2,1-4H3,(H2,21,24)/t14-/m0/s1. The maximum absolute atomic E-state index is 13.0. The van der Waals surface area contributed by atoms with Crippen LogP contribution < -0.4 is 10.5 Å². The maximum Gasteiger partial charge on any atom is 0.306 e. The summed E-state index contributed by atoms with van der Waals surface area (Å²) in [6.07, 6.45) is 0.959. The fourth-order valence-corrected chi connectivity index (χ4v) is 3.76. The quantitative estimate of drug-likeness (QED) is 0.793. The van der Waals surface area contributed by atoms with Crippen LogP contribution in [0.4, 0.5) is 0 Å². The Morgan fingerprint density at radius 3 is 2.70 bits per heavy atom. The lowest BCUT2D eigenvalue weighted by atomic mass is 9.98. The monoisotopic (exact) mass is 374 g/mol. The number of carbonyl (C=O) groups excluding carboxylic acids is 3. The molecule has 2 N–H and O–H groups in total. The number of rotatable bonds is 5. The van der Waals surface area contributed by atoms with E-state index in [0.29, 0.717) is 12.2 Å². The van der Waals surface area contributed by atoms with Gasteiger partial charge in [-0.25, -0.2) is 0 Å². The van der Waals surface area contributed by atoms with Crippen molar-refractivity contribution in [3.05, 3.63) is 28.3 Å². The van der Waals surface area contributed by atoms with E-state index in [1.807, 2.05) is 13.0 Å². The van der Waals surface area contributed by atoms with Crippen molar-refractivity contribution in [1.82, 2.24) is 4.90 Å². The van der Waals surface area contributed by atoms with Crippen LogP contribution in [0, 0.1) is 6.92 Å². The Hall–Kier alpha value is -2.57. The van der Waals surface area contributed by atoms with Crippen LogP contribution in [0.1, 0.15) is 60.7 Å². The van der Waals surface area contributed by atoms with Crippen LogP contribution in [0.25, 0.3) is 0 Å². The summed E-state index contributed by atoms with van der Waals surface area (Å²) >= 11 is 0. The number of esters is 1. The molecule has 1 atom stereocenters. The van der Waals surface area contributed by atoms with E-state index in [-0.39, 0.29) is 25.3 Å². The van der Waals surface area contributed by atoms with Gasteiger partial charge in [0, 0.05) is 18.4 Å². The maximum atomic E-state index is 13.0. The summed E-state index contributed by atoms with van der Waals surface area (Å²) in [5.41, 5.74) is 8.32. The molecule has 2 heterocycles. The summed E-state index contributed by atoms with van der Waals surface area (Å²) in [7, 11) is 0. The highest BCUT2D eigenvalue weighted by molar-refractivity contribution is 6.03. The van der Waals surface area contributed by atoms with Crippen LogP contribution in [-0.2, 0) is 27.3 Å². The van der Waals surface area contributed by atoms with Crippen molar-refractivity contribution in [2.24, 2.45) is 5.73 Å². The van der Waals surface area contributed by atoms with E-state index in [0.717, 1.165) is 28.9 Å². The minimum absolute atomic E-state index is 0.0125. The van der Waals surface area contributed by atoms with Gasteiger partial charge in [0.15, 0.2) is 0 Å². The van der Waals surface area contributed by atoms with E-state index >= 15 is 0 Å². The topological polar surface area (TPSA) is 98.9 Å². The molecule has 7 nitrogen and oxygen atoms in total. The molecular formula is C20H26N2O5. The number of nitrogens with zero attached hydrogens (tertiary/aromatic N) is 1. The average Bonchev–Trinajstić information content (AvgIpc) is 3.11. The van der Waals surface area contributed by atoms with Gasteiger partial charge in [-0.1, -0.05) is 6.07 Å². The van der Waals surface area contributed by atoms with E-state index in [1.165, 1.54) is 4.90 Å². The first-order valence-electron chi connectivity index (χ1n) is 9.19. The first-order valence-corrected chi connectivity index (χ1v) is 9.19. The van der Waals surface area contributed by atoms with Crippen LogP contribution in [0.3, 0.4) is 0 Å². The smallest absolute Gasteiger partial charge is 0.306 e. The molecule has 1 aromatic rings. The number of carbonyl (C=O) groups is 3. The minimum Gasteiger partial charge on any atom is -0.493 e. The molecule has 1 aromatic carbocycles. The molecule has 0 fully saturated rings. The number of nitrogens with two attached hydrogens (primary N) is 1. The number of benzene rings is 1. The van der Waals surface area contributed by atoms with Crippen LogP contribution >= 0.6 is 0 Å². The van der Waals surface area contributed by atoms with Gasteiger partial charge in [0.1, 0.15) is 17.4 Å². The Morgan fingerprint density at radius 1 is 1.37 bits per heavy atom. The molecule has 27 heavy (non-hydrogen) atoms. The molecular weight excluding hydrogens is 348 g/mol. The van der Waals surface area contributed by atoms with Gasteiger partial charge in [0.05, 0.1) is 18.7 Å². The molecule has 2 aliphatic heterocycles. The number of amides is 2.